The van der Waals surface area contributed by atoms with Gasteiger partial charge in [-0.2, -0.15) is 0 Å². The first kappa shape index (κ1) is 16.6. The van der Waals surface area contributed by atoms with Crippen LogP contribution in [-0.4, -0.2) is 9.97 Å². The van der Waals surface area contributed by atoms with Gasteiger partial charge in [0.15, 0.2) is 0 Å². The lowest BCUT2D eigenvalue weighted by Gasteiger charge is -2.15. The molecule has 2 heterocycles. The fourth-order valence-corrected chi connectivity index (χ4v) is 4.08. The van der Waals surface area contributed by atoms with Crippen molar-refractivity contribution in [1.29, 1.82) is 0 Å². The predicted molar refractivity (Wildman–Crippen MR) is 117 cm³/mol. The van der Waals surface area contributed by atoms with Gasteiger partial charge in [-0.3, -0.25) is 9.97 Å². The summed E-state index contributed by atoms with van der Waals surface area (Å²) in [6.07, 6.45) is 7.47. The third-order valence-electron chi connectivity index (χ3n) is 5.64. The smallest absolute Gasteiger partial charge is 0.0346 e. The summed E-state index contributed by atoms with van der Waals surface area (Å²) in [4.78, 5) is 8.53. The molecule has 2 heteroatoms. The molecule has 0 unspecified atom stereocenters. The van der Waals surface area contributed by atoms with E-state index in [1.54, 1.807) is 0 Å². The van der Waals surface area contributed by atoms with Gasteiger partial charge in [0.25, 0.3) is 0 Å². The van der Waals surface area contributed by atoms with Gasteiger partial charge in [0, 0.05) is 35.9 Å². The number of aryl methyl sites for hydroxylation is 2. The molecule has 5 rings (SSSR count). The molecule has 0 aliphatic rings. The lowest BCUT2D eigenvalue weighted by atomic mass is 9.90. The molecule has 0 fully saturated rings. The molecule has 2 nitrogen and oxygen atoms in total. The zero-order valence-electron chi connectivity index (χ0n) is 16.0. The number of hydrogen-bond acceptors (Lipinski definition) is 2. The fraction of sp³-hybridized carbons (Fsp3) is 0.0769. The van der Waals surface area contributed by atoms with Crippen LogP contribution in [0, 0.1) is 13.8 Å². The standard InChI is InChI=1S/C26H20N2/c1-17-23-9-7-20(22-6-4-12-28-16-22)14-26(23)18(2)24-10-8-19(13-25(17)24)21-5-3-11-27-15-21/h3-16H,1-2H3. The van der Waals surface area contributed by atoms with Crippen LogP contribution in [0.2, 0.25) is 0 Å². The van der Waals surface area contributed by atoms with E-state index in [-0.39, 0.29) is 0 Å². The Morgan fingerprint density at radius 2 is 0.964 bits per heavy atom. The van der Waals surface area contributed by atoms with Crippen molar-refractivity contribution in [2.75, 3.05) is 0 Å². The average Bonchev–Trinajstić information content (AvgIpc) is 2.78. The van der Waals surface area contributed by atoms with E-state index in [2.05, 4.69) is 72.3 Å². The third-order valence-corrected chi connectivity index (χ3v) is 5.64. The van der Waals surface area contributed by atoms with Gasteiger partial charge >= 0.3 is 0 Å². The van der Waals surface area contributed by atoms with E-state index < -0.39 is 0 Å². The highest BCUT2D eigenvalue weighted by Crippen LogP contribution is 2.36. The number of benzene rings is 3. The number of aromatic nitrogens is 2. The second kappa shape index (κ2) is 6.58. The van der Waals surface area contributed by atoms with E-state index in [1.807, 2.05) is 36.9 Å². The number of fused-ring (bicyclic) bond motifs is 2. The zero-order chi connectivity index (χ0) is 19.1. The predicted octanol–water partition coefficient (Wildman–Crippen LogP) is 6.73. The highest BCUT2D eigenvalue weighted by atomic mass is 14.6. The van der Waals surface area contributed by atoms with Crippen LogP contribution in [0.1, 0.15) is 11.1 Å². The fourth-order valence-electron chi connectivity index (χ4n) is 4.08. The second-order valence-corrected chi connectivity index (χ2v) is 7.25. The molecule has 0 radical (unpaired) electrons. The summed E-state index contributed by atoms with van der Waals surface area (Å²) in [5.74, 6) is 0. The van der Waals surface area contributed by atoms with Crippen molar-refractivity contribution in [3.8, 4) is 22.3 Å². The maximum atomic E-state index is 4.26. The van der Waals surface area contributed by atoms with Crippen LogP contribution >= 0.6 is 0 Å². The highest BCUT2D eigenvalue weighted by molar-refractivity contribution is 6.07. The minimum Gasteiger partial charge on any atom is -0.264 e. The number of hydrogen-bond donors (Lipinski definition) is 0. The molecule has 0 spiro atoms. The van der Waals surface area contributed by atoms with Crippen molar-refractivity contribution in [3.63, 3.8) is 0 Å². The number of pyridine rings is 2. The van der Waals surface area contributed by atoms with E-state index in [0.29, 0.717) is 0 Å². The summed E-state index contributed by atoms with van der Waals surface area (Å²) >= 11 is 0. The molecule has 0 bridgehead atoms. The summed E-state index contributed by atoms with van der Waals surface area (Å²) in [5.41, 5.74) is 7.34. The molecule has 0 atom stereocenters. The first-order chi connectivity index (χ1) is 13.7. The van der Waals surface area contributed by atoms with Crippen LogP contribution in [0.15, 0.2) is 85.5 Å². The Bertz CT molecular complexity index is 1200. The quantitative estimate of drug-likeness (QED) is 0.326. The van der Waals surface area contributed by atoms with Crippen LogP contribution < -0.4 is 0 Å². The summed E-state index contributed by atoms with van der Waals surface area (Å²) in [6, 6.07) is 21.7. The highest BCUT2D eigenvalue weighted by Gasteiger charge is 2.11. The monoisotopic (exact) mass is 360 g/mol. The van der Waals surface area contributed by atoms with Crippen molar-refractivity contribution in [1.82, 2.24) is 9.97 Å². The SMILES string of the molecule is Cc1c2ccc(-c3cccnc3)cc2c(C)c2ccc(-c3cccnc3)cc12. The van der Waals surface area contributed by atoms with E-state index in [0.717, 1.165) is 11.1 Å². The number of rotatable bonds is 2. The Morgan fingerprint density at radius 3 is 1.36 bits per heavy atom. The maximum Gasteiger partial charge on any atom is 0.0346 e. The summed E-state index contributed by atoms with van der Waals surface area (Å²) in [6.45, 7) is 4.45. The van der Waals surface area contributed by atoms with Crippen molar-refractivity contribution in [3.05, 3.63) is 96.6 Å². The average molecular weight is 360 g/mol. The van der Waals surface area contributed by atoms with Crippen molar-refractivity contribution < 1.29 is 0 Å². The number of nitrogens with zero attached hydrogens (tertiary/aromatic N) is 2. The van der Waals surface area contributed by atoms with Crippen LogP contribution in [0.4, 0.5) is 0 Å². The van der Waals surface area contributed by atoms with Crippen molar-refractivity contribution in [2.45, 2.75) is 13.8 Å². The molecule has 5 aromatic rings. The molecule has 2 aromatic heterocycles. The van der Waals surface area contributed by atoms with Crippen molar-refractivity contribution >= 4 is 21.5 Å². The normalized spacial score (nSPS) is 11.2. The molecule has 0 aliphatic carbocycles. The maximum absolute atomic E-state index is 4.26. The zero-order valence-corrected chi connectivity index (χ0v) is 16.0. The summed E-state index contributed by atoms with van der Waals surface area (Å²) < 4.78 is 0. The van der Waals surface area contributed by atoms with E-state index in [4.69, 9.17) is 0 Å². The first-order valence-electron chi connectivity index (χ1n) is 9.50. The molecule has 0 saturated heterocycles. The molecular formula is C26H20N2. The van der Waals surface area contributed by atoms with Gasteiger partial charge in [-0.05, 0) is 81.9 Å². The molecule has 28 heavy (non-hydrogen) atoms. The molecular weight excluding hydrogens is 340 g/mol. The van der Waals surface area contributed by atoms with Crippen molar-refractivity contribution in [2.24, 2.45) is 0 Å². The lowest BCUT2D eigenvalue weighted by Crippen LogP contribution is -1.90. The van der Waals surface area contributed by atoms with Crippen LogP contribution in [0.25, 0.3) is 43.8 Å². The Morgan fingerprint density at radius 1 is 0.500 bits per heavy atom. The molecule has 0 aliphatic heterocycles. The van der Waals surface area contributed by atoms with Crippen LogP contribution in [0.5, 0.6) is 0 Å². The third kappa shape index (κ3) is 2.66. The van der Waals surface area contributed by atoms with E-state index in [9.17, 15) is 0 Å². The van der Waals surface area contributed by atoms with Gasteiger partial charge in [-0.25, -0.2) is 0 Å². The summed E-state index contributed by atoms with van der Waals surface area (Å²) in [5, 5.41) is 5.22. The summed E-state index contributed by atoms with van der Waals surface area (Å²) in [7, 11) is 0. The van der Waals surface area contributed by atoms with Crippen LogP contribution in [0.3, 0.4) is 0 Å². The van der Waals surface area contributed by atoms with Gasteiger partial charge < -0.3 is 0 Å². The topological polar surface area (TPSA) is 25.8 Å². The molecule has 0 saturated carbocycles. The lowest BCUT2D eigenvalue weighted by molar-refractivity contribution is 1.33. The minimum atomic E-state index is 1.15. The Kier molecular flexibility index (Phi) is 3.91. The van der Waals surface area contributed by atoms with Gasteiger partial charge in [0.05, 0.1) is 0 Å². The van der Waals surface area contributed by atoms with E-state index in [1.165, 1.54) is 43.8 Å². The Balaban J connectivity index is 1.76. The molecule has 0 amide bonds. The van der Waals surface area contributed by atoms with Gasteiger partial charge in [0.2, 0.25) is 0 Å². The molecule has 3 aromatic carbocycles. The van der Waals surface area contributed by atoms with Crippen LogP contribution in [-0.2, 0) is 0 Å². The first-order valence-corrected chi connectivity index (χ1v) is 9.50. The minimum absolute atomic E-state index is 1.15. The van der Waals surface area contributed by atoms with Gasteiger partial charge in [0.1, 0.15) is 0 Å². The Hall–Kier alpha value is -3.52. The van der Waals surface area contributed by atoms with Gasteiger partial charge in [-0.15, -0.1) is 0 Å². The molecule has 0 N–H and O–H groups in total. The largest absolute Gasteiger partial charge is 0.264 e. The van der Waals surface area contributed by atoms with E-state index >= 15 is 0 Å². The second-order valence-electron chi connectivity index (χ2n) is 7.25. The van der Waals surface area contributed by atoms with Gasteiger partial charge in [-0.1, -0.05) is 36.4 Å². The molecule has 134 valence electrons. The Labute approximate surface area is 164 Å².